The molecule has 0 bridgehead atoms. The molecule has 0 radical (unpaired) electrons. The number of fused-ring (bicyclic) bond motifs is 1. The second kappa shape index (κ2) is 13.7. The van der Waals surface area contributed by atoms with Crippen molar-refractivity contribution in [1.82, 2.24) is 30.2 Å². The van der Waals surface area contributed by atoms with Crippen LogP contribution in [0.4, 0.5) is 46.8 Å². The van der Waals surface area contributed by atoms with Gasteiger partial charge >= 0.3 is 12.4 Å². The Morgan fingerprint density at radius 3 is 2.38 bits per heavy atom. The zero-order valence-corrected chi connectivity index (χ0v) is 25.1. The van der Waals surface area contributed by atoms with Crippen LogP contribution in [0.2, 0.25) is 0 Å². The van der Waals surface area contributed by atoms with Gasteiger partial charge in [0.2, 0.25) is 11.8 Å². The second-order valence-corrected chi connectivity index (χ2v) is 11.2. The van der Waals surface area contributed by atoms with Crippen molar-refractivity contribution in [2.45, 2.75) is 57.0 Å². The summed E-state index contributed by atoms with van der Waals surface area (Å²) in [5, 5.41) is 7.76. The number of aryl methyl sites for hydroxylation is 1. The van der Waals surface area contributed by atoms with Gasteiger partial charge in [0.05, 0.1) is 17.2 Å². The van der Waals surface area contributed by atoms with Crippen LogP contribution in [0.1, 0.15) is 57.7 Å². The highest BCUT2D eigenvalue weighted by molar-refractivity contribution is 5.99. The number of benzene rings is 1. The third-order valence-electron chi connectivity index (χ3n) is 7.82. The van der Waals surface area contributed by atoms with Gasteiger partial charge in [-0.05, 0) is 61.6 Å². The molecule has 3 heterocycles. The van der Waals surface area contributed by atoms with E-state index in [9.17, 15) is 44.7 Å². The summed E-state index contributed by atoms with van der Waals surface area (Å²) in [6.45, 7) is -1.25. The molecule has 0 unspecified atom stereocenters. The standard InChI is InChI=1S/C30H29F8N7O3/c1-45-10-2-3-22(45)26(47)39-13-15-4-9-19(30(36,37)38)20(11-15)41-28-42-21-12-18(27(43-24(21)44-28)48-14-23(31)32)25(46)40-17-7-5-16(6-8-17)29(33,34)35/h2-4,9-12,16-17,23H,5-8,13-14H2,1H3,(H,39,47)(H,40,46)(H2,41,42,43,44)/t16-,17-. The van der Waals surface area contributed by atoms with Gasteiger partial charge < -0.3 is 30.2 Å². The number of hydrogen-bond donors (Lipinski definition) is 4. The number of pyridine rings is 1. The van der Waals surface area contributed by atoms with Gasteiger partial charge in [0, 0.05) is 25.8 Å². The van der Waals surface area contributed by atoms with Gasteiger partial charge in [0.1, 0.15) is 16.8 Å². The van der Waals surface area contributed by atoms with E-state index in [0.29, 0.717) is 11.3 Å². The number of carbonyl (C=O) groups is 2. The number of H-pyrrole nitrogens is 1. The molecule has 1 aliphatic rings. The summed E-state index contributed by atoms with van der Waals surface area (Å²) in [6, 6.07) is 6.93. The average Bonchev–Trinajstić information content (AvgIpc) is 3.62. The van der Waals surface area contributed by atoms with Crippen molar-refractivity contribution in [3.05, 3.63) is 65.0 Å². The lowest BCUT2D eigenvalue weighted by Gasteiger charge is -2.30. The number of halogens is 8. The van der Waals surface area contributed by atoms with Crippen LogP contribution >= 0.6 is 0 Å². The molecule has 1 fully saturated rings. The smallest absolute Gasteiger partial charge is 0.418 e. The molecule has 48 heavy (non-hydrogen) atoms. The number of imidazole rings is 1. The number of anilines is 2. The fourth-order valence-corrected chi connectivity index (χ4v) is 5.38. The minimum Gasteiger partial charge on any atom is -0.471 e. The second-order valence-electron chi connectivity index (χ2n) is 11.2. The molecule has 0 atom stereocenters. The average molecular weight is 688 g/mol. The Morgan fingerprint density at radius 1 is 1.02 bits per heavy atom. The van der Waals surface area contributed by atoms with Crippen molar-refractivity contribution in [1.29, 1.82) is 0 Å². The van der Waals surface area contributed by atoms with Crippen molar-refractivity contribution in [2.75, 3.05) is 11.9 Å². The molecule has 1 aliphatic carbocycles. The minimum atomic E-state index is -4.79. The number of ether oxygens (including phenoxy) is 1. The molecule has 1 aromatic carbocycles. The molecule has 2 amide bonds. The van der Waals surface area contributed by atoms with Crippen molar-refractivity contribution in [3.63, 3.8) is 0 Å². The summed E-state index contributed by atoms with van der Waals surface area (Å²) in [4.78, 5) is 36.5. The molecule has 18 heteroatoms. The number of hydrogen-bond acceptors (Lipinski definition) is 6. The van der Waals surface area contributed by atoms with Gasteiger partial charge in [-0.1, -0.05) is 6.07 Å². The van der Waals surface area contributed by atoms with Crippen LogP contribution in [0.25, 0.3) is 11.2 Å². The highest BCUT2D eigenvalue weighted by Crippen LogP contribution is 2.38. The Bertz CT molecular complexity index is 1780. The van der Waals surface area contributed by atoms with E-state index < -0.39 is 66.3 Å². The van der Waals surface area contributed by atoms with Crippen molar-refractivity contribution in [3.8, 4) is 5.88 Å². The van der Waals surface area contributed by atoms with E-state index in [1.165, 1.54) is 6.07 Å². The number of nitrogens with one attached hydrogen (secondary N) is 4. The number of alkyl halides is 8. The normalized spacial score (nSPS) is 17.0. The van der Waals surface area contributed by atoms with Crippen LogP contribution in [0.3, 0.4) is 0 Å². The van der Waals surface area contributed by atoms with Gasteiger partial charge in [-0.25, -0.2) is 13.8 Å². The van der Waals surface area contributed by atoms with E-state index in [2.05, 4.69) is 30.9 Å². The fraction of sp³-hybridized carbons (Fsp3) is 0.400. The summed E-state index contributed by atoms with van der Waals surface area (Å²) < 4.78 is 113. The Morgan fingerprint density at radius 2 is 1.75 bits per heavy atom. The predicted octanol–water partition coefficient (Wildman–Crippen LogP) is 6.48. The monoisotopic (exact) mass is 687 g/mol. The van der Waals surface area contributed by atoms with Crippen LogP contribution in [-0.2, 0) is 19.8 Å². The Kier molecular flexibility index (Phi) is 9.81. The van der Waals surface area contributed by atoms with Crippen molar-refractivity contribution < 1.29 is 49.4 Å². The van der Waals surface area contributed by atoms with E-state index in [-0.39, 0.29) is 54.9 Å². The molecule has 1 saturated carbocycles. The Labute approximate surface area is 267 Å². The maximum atomic E-state index is 13.9. The first kappa shape index (κ1) is 34.4. The first-order chi connectivity index (χ1) is 22.6. The zero-order chi connectivity index (χ0) is 34.8. The van der Waals surface area contributed by atoms with E-state index in [1.807, 2.05) is 0 Å². The fourth-order valence-electron chi connectivity index (χ4n) is 5.38. The molecule has 4 aromatic rings. The van der Waals surface area contributed by atoms with Gasteiger partial charge in [0.25, 0.3) is 18.2 Å². The van der Waals surface area contributed by atoms with Gasteiger partial charge in [-0.3, -0.25) is 9.59 Å². The molecule has 5 rings (SSSR count). The maximum Gasteiger partial charge on any atom is 0.418 e. The Hall–Kier alpha value is -4.90. The summed E-state index contributed by atoms with van der Waals surface area (Å²) in [5.41, 5.74) is -1.35. The first-order valence-electron chi connectivity index (χ1n) is 14.6. The highest BCUT2D eigenvalue weighted by atomic mass is 19.4. The number of aromatic nitrogens is 4. The predicted molar refractivity (Wildman–Crippen MR) is 156 cm³/mol. The lowest BCUT2D eigenvalue weighted by molar-refractivity contribution is -0.182. The Balaban J connectivity index is 1.38. The van der Waals surface area contributed by atoms with E-state index in [4.69, 9.17) is 4.74 Å². The molecule has 0 spiro atoms. The lowest BCUT2D eigenvalue weighted by atomic mass is 9.85. The van der Waals surface area contributed by atoms with Crippen molar-refractivity contribution >= 4 is 34.6 Å². The third-order valence-corrected chi connectivity index (χ3v) is 7.82. The number of amides is 2. The van der Waals surface area contributed by atoms with Crippen LogP contribution < -0.4 is 20.7 Å². The van der Waals surface area contributed by atoms with Crippen LogP contribution in [0.5, 0.6) is 5.88 Å². The van der Waals surface area contributed by atoms with Gasteiger partial charge in [0.15, 0.2) is 12.3 Å². The van der Waals surface area contributed by atoms with Gasteiger partial charge in [-0.2, -0.15) is 31.3 Å². The SMILES string of the molecule is Cn1cccc1C(=O)NCc1ccc(C(F)(F)F)c(Nc2nc3cc(C(=O)N[C@H]4CC[C@H](C(F)(F)F)CC4)c(OCC(F)F)nc3[nH]2)c1. The number of carbonyl (C=O) groups excluding carboxylic acids is 2. The molecule has 4 N–H and O–H groups in total. The van der Waals surface area contributed by atoms with Crippen LogP contribution in [0.15, 0.2) is 42.6 Å². The topological polar surface area (TPSA) is 126 Å². The summed E-state index contributed by atoms with van der Waals surface area (Å²) in [7, 11) is 1.66. The molecule has 10 nitrogen and oxygen atoms in total. The summed E-state index contributed by atoms with van der Waals surface area (Å²) >= 11 is 0. The zero-order valence-electron chi connectivity index (χ0n) is 25.1. The molecular formula is C30H29F8N7O3. The molecule has 0 saturated heterocycles. The van der Waals surface area contributed by atoms with Crippen LogP contribution in [-0.4, -0.2) is 56.6 Å². The molecular weight excluding hydrogens is 658 g/mol. The molecule has 258 valence electrons. The van der Waals surface area contributed by atoms with Crippen molar-refractivity contribution in [2.24, 2.45) is 13.0 Å². The largest absolute Gasteiger partial charge is 0.471 e. The summed E-state index contributed by atoms with van der Waals surface area (Å²) in [6.07, 6.45) is -10.8. The highest BCUT2D eigenvalue weighted by Gasteiger charge is 2.41. The number of rotatable bonds is 10. The van der Waals surface area contributed by atoms with E-state index >= 15 is 0 Å². The van der Waals surface area contributed by atoms with E-state index in [0.717, 1.165) is 18.2 Å². The number of aromatic amines is 1. The van der Waals surface area contributed by atoms with Gasteiger partial charge in [-0.15, -0.1) is 0 Å². The first-order valence-corrected chi connectivity index (χ1v) is 14.6. The summed E-state index contributed by atoms with van der Waals surface area (Å²) in [5.74, 6) is -3.58. The third kappa shape index (κ3) is 8.14. The molecule has 3 aromatic heterocycles. The number of nitrogens with zero attached hydrogens (tertiary/aromatic N) is 3. The molecule has 0 aliphatic heterocycles. The van der Waals surface area contributed by atoms with Crippen LogP contribution in [0, 0.1) is 5.92 Å². The van der Waals surface area contributed by atoms with E-state index in [1.54, 1.807) is 29.9 Å². The quantitative estimate of drug-likeness (QED) is 0.142. The minimum absolute atomic E-state index is 0.0334. The lowest BCUT2D eigenvalue weighted by Crippen LogP contribution is -2.40. The maximum absolute atomic E-state index is 13.9.